The number of nitrogens with two attached hydrogens (primary N) is 1. The quantitative estimate of drug-likeness (QED) is 0.235. The summed E-state index contributed by atoms with van der Waals surface area (Å²) in [6.45, 7) is 2.75. The summed E-state index contributed by atoms with van der Waals surface area (Å²) in [5.74, 6) is -0.293. The number of anilines is 1. The van der Waals surface area contributed by atoms with Gasteiger partial charge in [0, 0.05) is 17.0 Å². The standard InChI is InChI=1S/C25H30N4O4S/c1-2-3-4-5-14-29-21-13-12-19(16-20(21)22(23(29)30)27-28-25(26)33)34-15-6-7-17-8-10-18(11-9-17)24(31)32/h8-13,16H,2-7,14-15H2,1H3,(H,31,32)(H3,26,28,33)/b27-22-. The SMILES string of the molecule is CCCCCCN1C(=O)/C(=N\NC(N)=O)c2cc(SCCCc3ccc(C(=O)O)cc3)ccc21. The molecule has 9 heteroatoms. The van der Waals surface area contributed by atoms with Crippen molar-refractivity contribution in [2.75, 3.05) is 17.2 Å². The molecule has 3 amide bonds. The molecule has 0 saturated carbocycles. The third kappa shape index (κ3) is 6.60. The maximum absolute atomic E-state index is 13.0. The molecule has 34 heavy (non-hydrogen) atoms. The van der Waals surface area contributed by atoms with Gasteiger partial charge < -0.3 is 15.7 Å². The molecule has 3 rings (SSSR count). The summed E-state index contributed by atoms with van der Waals surface area (Å²) < 4.78 is 0. The highest BCUT2D eigenvalue weighted by Crippen LogP contribution is 2.33. The summed E-state index contributed by atoms with van der Waals surface area (Å²) in [6, 6.07) is 12.0. The first-order chi connectivity index (χ1) is 16.4. The van der Waals surface area contributed by atoms with Crippen LogP contribution >= 0.6 is 11.8 Å². The monoisotopic (exact) mass is 482 g/mol. The summed E-state index contributed by atoms with van der Waals surface area (Å²) in [5.41, 5.74) is 10.4. The molecule has 180 valence electrons. The number of aromatic carboxylic acids is 1. The van der Waals surface area contributed by atoms with E-state index in [2.05, 4.69) is 17.5 Å². The molecule has 2 aromatic rings. The maximum Gasteiger partial charge on any atom is 0.335 e. The van der Waals surface area contributed by atoms with Crippen LogP contribution < -0.4 is 16.1 Å². The number of nitrogens with zero attached hydrogens (tertiary/aromatic N) is 2. The predicted molar refractivity (Wildman–Crippen MR) is 135 cm³/mol. The van der Waals surface area contributed by atoms with Gasteiger partial charge in [0.2, 0.25) is 0 Å². The van der Waals surface area contributed by atoms with Gasteiger partial charge in [-0.3, -0.25) is 4.79 Å². The van der Waals surface area contributed by atoms with Crippen molar-refractivity contribution in [2.24, 2.45) is 10.8 Å². The first-order valence-electron chi connectivity index (χ1n) is 11.4. The number of hydrogen-bond donors (Lipinski definition) is 3. The number of carbonyl (C=O) groups is 3. The second-order valence-electron chi connectivity index (χ2n) is 8.09. The lowest BCUT2D eigenvalue weighted by atomic mass is 10.1. The largest absolute Gasteiger partial charge is 0.478 e. The number of aryl methyl sites for hydroxylation is 1. The van der Waals surface area contributed by atoms with Crippen LogP contribution in [0.15, 0.2) is 52.5 Å². The number of amides is 3. The summed E-state index contributed by atoms with van der Waals surface area (Å²) >= 11 is 1.68. The van der Waals surface area contributed by atoms with Gasteiger partial charge in [0.05, 0.1) is 11.3 Å². The highest BCUT2D eigenvalue weighted by molar-refractivity contribution is 7.99. The Labute approximate surface area is 203 Å². The summed E-state index contributed by atoms with van der Waals surface area (Å²) in [5, 5.41) is 13.0. The number of hydrogen-bond acceptors (Lipinski definition) is 5. The molecule has 1 aliphatic rings. The molecule has 1 heterocycles. The van der Waals surface area contributed by atoms with E-state index in [4.69, 9.17) is 10.8 Å². The van der Waals surface area contributed by atoms with E-state index in [1.807, 2.05) is 30.3 Å². The minimum Gasteiger partial charge on any atom is -0.478 e. The van der Waals surface area contributed by atoms with E-state index < -0.39 is 12.0 Å². The zero-order chi connectivity index (χ0) is 24.5. The summed E-state index contributed by atoms with van der Waals surface area (Å²) in [7, 11) is 0. The Kier molecular flexibility index (Phi) is 9.09. The van der Waals surface area contributed by atoms with Crippen molar-refractivity contribution in [3.8, 4) is 0 Å². The molecule has 8 nitrogen and oxygen atoms in total. The minimum absolute atomic E-state index is 0.199. The molecular formula is C25H30N4O4S. The highest BCUT2D eigenvalue weighted by Gasteiger charge is 2.34. The fourth-order valence-corrected chi connectivity index (χ4v) is 4.69. The van der Waals surface area contributed by atoms with Gasteiger partial charge in [-0.25, -0.2) is 15.0 Å². The van der Waals surface area contributed by atoms with Gasteiger partial charge in [0.25, 0.3) is 5.91 Å². The number of benzene rings is 2. The van der Waals surface area contributed by atoms with E-state index in [0.29, 0.717) is 12.1 Å². The van der Waals surface area contributed by atoms with Gasteiger partial charge >= 0.3 is 12.0 Å². The van der Waals surface area contributed by atoms with Crippen LogP contribution in [0.1, 0.15) is 60.5 Å². The second kappa shape index (κ2) is 12.2. The van der Waals surface area contributed by atoms with Gasteiger partial charge in [0.1, 0.15) is 0 Å². The lowest BCUT2D eigenvalue weighted by Crippen LogP contribution is -2.33. The van der Waals surface area contributed by atoms with Crippen LogP contribution in [0.3, 0.4) is 0 Å². The van der Waals surface area contributed by atoms with E-state index in [-0.39, 0.29) is 17.2 Å². The number of nitrogens with one attached hydrogen (secondary N) is 1. The van der Waals surface area contributed by atoms with Gasteiger partial charge in [-0.1, -0.05) is 38.3 Å². The van der Waals surface area contributed by atoms with Crippen LogP contribution in [0, 0.1) is 0 Å². The Morgan fingerprint density at radius 1 is 1.09 bits per heavy atom. The number of thioether (sulfide) groups is 1. The number of rotatable bonds is 12. The fourth-order valence-electron chi connectivity index (χ4n) is 3.80. The Balaban J connectivity index is 1.65. The second-order valence-corrected chi connectivity index (χ2v) is 9.26. The Morgan fingerprint density at radius 3 is 2.53 bits per heavy atom. The lowest BCUT2D eigenvalue weighted by Gasteiger charge is -2.16. The van der Waals surface area contributed by atoms with E-state index >= 15 is 0 Å². The molecule has 0 aromatic heterocycles. The molecule has 0 radical (unpaired) electrons. The van der Waals surface area contributed by atoms with Crippen LogP contribution in [0.4, 0.5) is 10.5 Å². The van der Waals surface area contributed by atoms with Gasteiger partial charge in [-0.2, -0.15) is 5.10 Å². The molecule has 0 fully saturated rings. The average molecular weight is 483 g/mol. The van der Waals surface area contributed by atoms with Gasteiger partial charge in [-0.05, 0) is 60.9 Å². The van der Waals surface area contributed by atoms with E-state index in [1.165, 1.54) is 0 Å². The molecular weight excluding hydrogens is 452 g/mol. The minimum atomic E-state index is -0.925. The number of primary amides is 1. The molecule has 1 aliphatic heterocycles. The molecule has 0 bridgehead atoms. The molecule has 0 spiro atoms. The topological polar surface area (TPSA) is 125 Å². The highest BCUT2D eigenvalue weighted by atomic mass is 32.2. The van der Waals surface area contributed by atoms with Crippen molar-refractivity contribution >= 4 is 41.1 Å². The number of carboxylic acids is 1. The average Bonchev–Trinajstić information content (AvgIpc) is 3.08. The maximum atomic E-state index is 13.0. The number of carboxylic acid groups (broad SMARTS) is 1. The van der Waals surface area contributed by atoms with Crippen molar-refractivity contribution in [2.45, 2.75) is 50.3 Å². The zero-order valence-corrected chi connectivity index (χ0v) is 20.1. The van der Waals surface area contributed by atoms with Crippen LogP contribution in [0.25, 0.3) is 0 Å². The molecule has 0 saturated heterocycles. The normalized spacial score (nSPS) is 13.9. The molecule has 0 unspecified atom stereocenters. The fraction of sp³-hybridized carbons (Fsp3) is 0.360. The van der Waals surface area contributed by atoms with E-state index in [0.717, 1.165) is 60.4 Å². The molecule has 0 atom stereocenters. The molecule has 0 aliphatic carbocycles. The smallest absolute Gasteiger partial charge is 0.335 e. The zero-order valence-electron chi connectivity index (χ0n) is 19.3. The van der Waals surface area contributed by atoms with Gasteiger partial charge in [-0.15, -0.1) is 11.8 Å². The predicted octanol–water partition coefficient (Wildman–Crippen LogP) is 4.41. The number of carbonyl (C=O) groups excluding carboxylic acids is 2. The Morgan fingerprint density at radius 2 is 1.85 bits per heavy atom. The van der Waals surface area contributed by atoms with Crippen LogP contribution in [-0.2, 0) is 11.2 Å². The summed E-state index contributed by atoms with van der Waals surface area (Å²) in [4.78, 5) is 37.8. The third-order valence-corrected chi connectivity index (χ3v) is 6.63. The lowest BCUT2D eigenvalue weighted by molar-refractivity contribution is -0.112. The number of unbranched alkanes of at least 4 members (excludes halogenated alkanes) is 3. The molecule has 4 N–H and O–H groups in total. The van der Waals surface area contributed by atoms with Crippen molar-refractivity contribution in [1.82, 2.24) is 5.43 Å². The first-order valence-corrected chi connectivity index (χ1v) is 12.4. The van der Waals surface area contributed by atoms with E-state index in [1.54, 1.807) is 28.8 Å². The van der Waals surface area contributed by atoms with Crippen LogP contribution in [-0.4, -0.2) is 41.0 Å². The first kappa shape index (κ1) is 25.3. The van der Waals surface area contributed by atoms with Crippen molar-refractivity contribution in [3.63, 3.8) is 0 Å². The third-order valence-electron chi connectivity index (χ3n) is 5.55. The Hall–Kier alpha value is -3.33. The molecule has 2 aromatic carbocycles. The number of fused-ring (bicyclic) bond motifs is 1. The van der Waals surface area contributed by atoms with Crippen LogP contribution in [0.5, 0.6) is 0 Å². The van der Waals surface area contributed by atoms with Crippen molar-refractivity contribution < 1.29 is 19.5 Å². The van der Waals surface area contributed by atoms with Crippen molar-refractivity contribution in [3.05, 3.63) is 59.2 Å². The van der Waals surface area contributed by atoms with Crippen LogP contribution in [0.2, 0.25) is 0 Å². The summed E-state index contributed by atoms with van der Waals surface area (Å²) in [6.07, 6.45) is 5.96. The Bertz CT molecular complexity index is 1070. The van der Waals surface area contributed by atoms with E-state index in [9.17, 15) is 14.4 Å². The number of urea groups is 1. The van der Waals surface area contributed by atoms with Crippen molar-refractivity contribution in [1.29, 1.82) is 0 Å². The van der Waals surface area contributed by atoms with Gasteiger partial charge in [0.15, 0.2) is 5.71 Å². The number of hydrazone groups is 1.